The lowest BCUT2D eigenvalue weighted by Crippen LogP contribution is -2.41. The SMILES string of the molecule is C=CC(N)=O.O=C1C=CC(=O)N1C1CCCCC1. The molecule has 0 bridgehead atoms. The molecule has 0 aromatic heterocycles. The van der Waals surface area contributed by atoms with Crippen LogP contribution in [-0.2, 0) is 14.4 Å². The first-order valence-corrected chi connectivity index (χ1v) is 6.03. The van der Waals surface area contributed by atoms with E-state index in [-0.39, 0.29) is 17.9 Å². The molecule has 18 heavy (non-hydrogen) atoms. The molecule has 2 N–H and O–H groups in total. The molecule has 2 aliphatic rings. The van der Waals surface area contributed by atoms with Crippen molar-refractivity contribution in [2.75, 3.05) is 0 Å². The Morgan fingerprint density at radius 2 is 1.67 bits per heavy atom. The van der Waals surface area contributed by atoms with Crippen LogP contribution in [0, 0.1) is 0 Å². The molecule has 0 radical (unpaired) electrons. The number of imide groups is 1. The van der Waals surface area contributed by atoms with Crippen molar-refractivity contribution < 1.29 is 14.4 Å². The third kappa shape index (κ3) is 3.84. The standard InChI is InChI=1S/C10H13NO2.C3H5NO/c12-9-6-7-10(13)11(9)8-4-2-1-3-5-8;1-2-3(4)5/h6-8H,1-5H2;2H,1H2,(H2,4,5). The molecular formula is C13H18N2O3. The van der Waals surface area contributed by atoms with E-state index in [1.165, 1.54) is 23.5 Å². The Balaban J connectivity index is 0.000000280. The summed E-state index contributed by atoms with van der Waals surface area (Å²) in [6, 6.07) is 0.170. The molecule has 0 aromatic rings. The van der Waals surface area contributed by atoms with E-state index >= 15 is 0 Å². The normalized spacial score (nSPS) is 19.4. The Hall–Kier alpha value is -1.91. The third-order valence-electron chi connectivity index (χ3n) is 2.98. The van der Waals surface area contributed by atoms with E-state index in [0.29, 0.717) is 0 Å². The smallest absolute Gasteiger partial charge is 0.253 e. The van der Waals surface area contributed by atoms with Crippen molar-refractivity contribution in [3.05, 3.63) is 24.8 Å². The van der Waals surface area contributed by atoms with E-state index < -0.39 is 5.91 Å². The fraction of sp³-hybridized carbons (Fsp3) is 0.462. The number of nitrogens with two attached hydrogens (primary N) is 1. The van der Waals surface area contributed by atoms with Gasteiger partial charge in [-0.05, 0) is 18.9 Å². The molecule has 1 saturated carbocycles. The number of carbonyl (C=O) groups excluding carboxylic acids is 3. The summed E-state index contributed by atoms with van der Waals surface area (Å²) >= 11 is 0. The second-order valence-electron chi connectivity index (χ2n) is 4.28. The van der Waals surface area contributed by atoms with E-state index in [4.69, 9.17) is 0 Å². The highest BCUT2D eigenvalue weighted by Crippen LogP contribution is 2.24. The number of primary amides is 1. The number of hydrogen-bond acceptors (Lipinski definition) is 3. The average molecular weight is 250 g/mol. The van der Waals surface area contributed by atoms with E-state index in [2.05, 4.69) is 12.3 Å². The zero-order chi connectivity index (χ0) is 13.5. The molecule has 0 spiro atoms. The van der Waals surface area contributed by atoms with Gasteiger partial charge in [-0.2, -0.15) is 0 Å². The maximum atomic E-state index is 11.3. The van der Waals surface area contributed by atoms with Gasteiger partial charge in [0.05, 0.1) is 0 Å². The molecule has 1 aliphatic carbocycles. The van der Waals surface area contributed by atoms with Crippen LogP contribution >= 0.6 is 0 Å². The summed E-state index contributed by atoms with van der Waals surface area (Å²) < 4.78 is 0. The molecule has 0 aromatic carbocycles. The largest absolute Gasteiger partial charge is 0.366 e. The van der Waals surface area contributed by atoms with Crippen LogP contribution in [0.1, 0.15) is 32.1 Å². The van der Waals surface area contributed by atoms with Crippen LogP contribution in [0.4, 0.5) is 0 Å². The lowest BCUT2D eigenvalue weighted by atomic mass is 9.94. The lowest BCUT2D eigenvalue weighted by Gasteiger charge is -2.29. The van der Waals surface area contributed by atoms with Gasteiger partial charge in [-0.1, -0.05) is 25.8 Å². The van der Waals surface area contributed by atoms with Crippen LogP contribution in [0.2, 0.25) is 0 Å². The molecule has 1 fully saturated rings. The van der Waals surface area contributed by atoms with Gasteiger partial charge >= 0.3 is 0 Å². The van der Waals surface area contributed by atoms with Crippen LogP contribution in [0.5, 0.6) is 0 Å². The van der Waals surface area contributed by atoms with Gasteiger partial charge in [-0.15, -0.1) is 0 Å². The van der Waals surface area contributed by atoms with Crippen molar-refractivity contribution >= 4 is 17.7 Å². The third-order valence-corrected chi connectivity index (χ3v) is 2.98. The number of carbonyl (C=O) groups is 3. The summed E-state index contributed by atoms with van der Waals surface area (Å²) in [4.78, 5) is 33.5. The number of hydrogen-bond donors (Lipinski definition) is 1. The highest BCUT2D eigenvalue weighted by Gasteiger charge is 2.31. The molecular weight excluding hydrogens is 232 g/mol. The minimum atomic E-state index is -0.481. The Kier molecular flexibility index (Phi) is 5.30. The second kappa shape index (κ2) is 6.74. The Morgan fingerprint density at radius 1 is 1.22 bits per heavy atom. The van der Waals surface area contributed by atoms with Crippen molar-refractivity contribution in [3.8, 4) is 0 Å². The summed E-state index contributed by atoms with van der Waals surface area (Å²) in [6.07, 6.45) is 9.29. The van der Waals surface area contributed by atoms with Crippen molar-refractivity contribution in [1.29, 1.82) is 0 Å². The van der Waals surface area contributed by atoms with Crippen LogP contribution in [-0.4, -0.2) is 28.7 Å². The number of amides is 3. The first-order valence-electron chi connectivity index (χ1n) is 6.03. The molecule has 1 aliphatic heterocycles. The van der Waals surface area contributed by atoms with Gasteiger partial charge < -0.3 is 5.73 Å². The van der Waals surface area contributed by atoms with E-state index in [1.807, 2.05) is 0 Å². The molecule has 3 amide bonds. The summed E-state index contributed by atoms with van der Waals surface area (Å²) in [7, 11) is 0. The predicted octanol–water partition coefficient (Wildman–Crippen LogP) is 0.902. The number of rotatable bonds is 2. The van der Waals surface area contributed by atoms with E-state index in [9.17, 15) is 14.4 Å². The van der Waals surface area contributed by atoms with Gasteiger partial charge in [0.1, 0.15) is 0 Å². The topological polar surface area (TPSA) is 80.5 Å². The summed E-state index contributed by atoms with van der Waals surface area (Å²) in [5, 5.41) is 0. The molecule has 98 valence electrons. The zero-order valence-electron chi connectivity index (χ0n) is 10.3. The maximum Gasteiger partial charge on any atom is 0.253 e. The van der Waals surface area contributed by atoms with Crippen molar-refractivity contribution in [1.82, 2.24) is 4.90 Å². The summed E-state index contributed by atoms with van der Waals surface area (Å²) in [6.45, 7) is 3.09. The van der Waals surface area contributed by atoms with Crippen molar-refractivity contribution in [2.24, 2.45) is 5.73 Å². The van der Waals surface area contributed by atoms with Crippen LogP contribution in [0.25, 0.3) is 0 Å². The molecule has 5 nitrogen and oxygen atoms in total. The Labute approximate surface area is 106 Å². The molecule has 0 atom stereocenters. The van der Waals surface area contributed by atoms with E-state index in [0.717, 1.165) is 31.8 Å². The molecule has 1 heterocycles. The Bertz CT molecular complexity index is 364. The van der Waals surface area contributed by atoms with Crippen molar-refractivity contribution in [2.45, 2.75) is 38.1 Å². The molecule has 0 unspecified atom stereocenters. The number of nitrogens with zero attached hydrogens (tertiary/aromatic N) is 1. The van der Waals surface area contributed by atoms with Gasteiger partial charge in [-0.3, -0.25) is 19.3 Å². The van der Waals surface area contributed by atoms with E-state index in [1.54, 1.807) is 0 Å². The van der Waals surface area contributed by atoms with Gasteiger partial charge in [0.15, 0.2) is 0 Å². The van der Waals surface area contributed by atoms with Crippen LogP contribution in [0.3, 0.4) is 0 Å². The first-order chi connectivity index (χ1) is 8.56. The zero-order valence-corrected chi connectivity index (χ0v) is 10.3. The lowest BCUT2D eigenvalue weighted by molar-refractivity contribution is -0.140. The van der Waals surface area contributed by atoms with Gasteiger partial charge in [-0.25, -0.2) is 0 Å². The molecule has 0 saturated heterocycles. The summed E-state index contributed by atoms with van der Waals surface area (Å²) in [5.74, 6) is -0.737. The second-order valence-corrected chi connectivity index (χ2v) is 4.28. The van der Waals surface area contributed by atoms with Crippen LogP contribution in [0.15, 0.2) is 24.8 Å². The van der Waals surface area contributed by atoms with Gasteiger partial charge in [0, 0.05) is 18.2 Å². The Morgan fingerprint density at radius 3 is 2.06 bits per heavy atom. The van der Waals surface area contributed by atoms with Crippen LogP contribution < -0.4 is 5.73 Å². The quantitative estimate of drug-likeness (QED) is 0.584. The first kappa shape index (κ1) is 14.2. The molecule has 2 rings (SSSR count). The summed E-state index contributed by atoms with van der Waals surface area (Å²) in [5.41, 5.74) is 4.53. The molecule has 5 heteroatoms. The monoisotopic (exact) mass is 250 g/mol. The highest BCUT2D eigenvalue weighted by molar-refractivity contribution is 6.13. The minimum Gasteiger partial charge on any atom is -0.366 e. The average Bonchev–Trinajstić information content (AvgIpc) is 2.71. The van der Waals surface area contributed by atoms with Gasteiger partial charge in [0.2, 0.25) is 5.91 Å². The van der Waals surface area contributed by atoms with Crippen molar-refractivity contribution in [3.63, 3.8) is 0 Å². The predicted molar refractivity (Wildman–Crippen MR) is 67.3 cm³/mol. The fourth-order valence-corrected chi connectivity index (χ4v) is 2.11. The maximum absolute atomic E-state index is 11.3. The fourth-order valence-electron chi connectivity index (χ4n) is 2.11. The van der Waals surface area contributed by atoms with Gasteiger partial charge in [0.25, 0.3) is 11.8 Å². The highest BCUT2D eigenvalue weighted by atomic mass is 16.2. The minimum absolute atomic E-state index is 0.128.